The van der Waals surface area contributed by atoms with E-state index in [0.29, 0.717) is 42.1 Å². The molecule has 1 heterocycles. The molecule has 0 aromatic heterocycles. The zero-order valence-corrected chi connectivity index (χ0v) is 14.7. The van der Waals surface area contributed by atoms with E-state index in [1.807, 2.05) is 20.8 Å². The molecule has 1 aromatic rings. The lowest BCUT2D eigenvalue weighted by molar-refractivity contribution is 0.0165. The Morgan fingerprint density at radius 1 is 1.35 bits per heavy atom. The molecule has 0 atom stereocenters. The summed E-state index contributed by atoms with van der Waals surface area (Å²) in [6.45, 7) is 7.61. The highest BCUT2D eigenvalue weighted by molar-refractivity contribution is 6.32. The zero-order valence-electron chi connectivity index (χ0n) is 14.0. The smallest absolute Gasteiger partial charge is 0.410 e. The number of carbonyl (C=O) groups excluding carboxylic acids is 1. The Labute approximate surface area is 142 Å². The second-order valence-electron chi connectivity index (χ2n) is 6.91. The molecule has 2 N–H and O–H groups in total. The van der Waals surface area contributed by atoms with Crippen molar-refractivity contribution in [3.8, 4) is 5.75 Å². The minimum Gasteiger partial charge on any atom is -0.492 e. The highest BCUT2D eigenvalue weighted by atomic mass is 35.5. The SMILES string of the molecule is CC(C)(C)OC(=O)N1CCC(COc2ccc(N)cc2Cl)CC1. The highest BCUT2D eigenvalue weighted by Crippen LogP contribution is 2.28. The number of hydrogen-bond donors (Lipinski definition) is 1. The third-order valence-corrected chi connectivity index (χ3v) is 3.99. The molecule has 0 saturated carbocycles. The van der Waals surface area contributed by atoms with E-state index >= 15 is 0 Å². The van der Waals surface area contributed by atoms with Crippen LogP contribution in [0.25, 0.3) is 0 Å². The predicted octanol–water partition coefficient (Wildman–Crippen LogP) is 3.95. The molecule has 2 rings (SSSR count). The van der Waals surface area contributed by atoms with Crippen LogP contribution in [0.4, 0.5) is 10.5 Å². The topological polar surface area (TPSA) is 64.8 Å². The number of nitrogens with zero attached hydrogens (tertiary/aromatic N) is 1. The Morgan fingerprint density at radius 3 is 2.57 bits per heavy atom. The van der Waals surface area contributed by atoms with Gasteiger partial charge in [0.2, 0.25) is 0 Å². The van der Waals surface area contributed by atoms with E-state index in [1.165, 1.54) is 0 Å². The number of carbonyl (C=O) groups is 1. The van der Waals surface area contributed by atoms with Gasteiger partial charge in [-0.05, 0) is 57.7 Å². The summed E-state index contributed by atoms with van der Waals surface area (Å²) in [5.41, 5.74) is 5.83. The molecule has 0 bridgehead atoms. The van der Waals surface area contributed by atoms with Gasteiger partial charge in [0.25, 0.3) is 0 Å². The molecule has 1 saturated heterocycles. The van der Waals surface area contributed by atoms with Gasteiger partial charge in [-0.15, -0.1) is 0 Å². The minimum atomic E-state index is -0.455. The number of amides is 1. The number of halogens is 1. The van der Waals surface area contributed by atoms with E-state index in [0.717, 1.165) is 12.8 Å². The first kappa shape index (κ1) is 17.7. The van der Waals surface area contributed by atoms with Crippen molar-refractivity contribution in [2.24, 2.45) is 5.92 Å². The zero-order chi connectivity index (χ0) is 17.0. The quantitative estimate of drug-likeness (QED) is 0.846. The van der Waals surface area contributed by atoms with Gasteiger partial charge in [-0.3, -0.25) is 0 Å². The summed E-state index contributed by atoms with van der Waals surface area (Å²) < 4.78 is 11.2. The molecule has 6 heteroatoms. The molecule has 1 amide bonds. The Morgan fingerprint density at radius 2 is 2.00 bits per heavy atom. The number of hydrogen-bond acceptors (Lipinski definition) is 4. The first-order valence-electron chi connectivity index (χ1n) is 7.90. The van der Waals surface area contributed by atoms with Gasteiger partial charge in [0.15, 0.2) is 0 Å². The fourth-order valence-corrected chi connectivity index (χ4v) is 2.69. The van der Waals surface area contributed by atoms with Gasteiger partial charge in [-0.1, -0.05) is 11.6 Å². The van der Waals surface area contributed by atoms with Crippen LogP contribution < -0.4 is 10.5 Å². The molecule has 1 aromatic carbocycles. The summed E-state index contributed by atoms with van der Waals surface area (Å²) in [7, 11) is 0. The van der Waals surface area contributed by atoms with E-state index in [1.54, 1.807) is 23.1 Å². The van der Waals surface area contributed by atoms with Crippen LogP contribution in [0.1, 0.15) is 33.6 Å². The van der Waals surface area contributed by atoms with Crippen LogP contribution in [0, 0.1) is 5.92 Å². The van der Waals surface area contributed by atoms with Gasteiger partial charge in [-0.2, -0.15) is 0 Å². The van der Waals surface area contributed by atoms with Crippen molar-refractivity contribution < 1.29 is 14.3 Å². The average Bonchev–Trinajstić information content (AvgIpc) is 2.45. The number of likely N-dealkylation sites (tertiary alicyclic amines) is 1. The number of rotatable bonds is 3. The van der Waals surface area contributed by atoms with Crippen LogP contribution in [0.3, 0.4) is 0 Å². The molecule has 0 unspecified atom stereocenters. The van der Waals surface area contributed by atoms with E-state index in [-0.39, 0.29) is 6.09 Å². The molecule has 1 aliphatic heterocycles. The molecular weight excluding hydrogens is 316 g/mol. The molecule has 1 aliphatic rings. The number of nitrogens with two attached hydrogens (primary N) is 1. The maximum atomic E-state index is 12.0. The average molecular weight is 341 g/mol. The molecule has 0 spiro atoms. The summed E-state index contributed by atoms with van der Waals surface area (Å²) in [6, 6.07) is 5.24. The Balaban J connectivity index is 1.77. The lowest BCUT2D eigenvalue weighted by Crippen LogP contribution is -2.42. The van der Waals surface area contributed by atoms with Crippen LogP contribution in [-0.2, 0) is 4.74 Å². The van der Waals surface area contributed by atoms with Gasteiger partial charge in [0.1, 0.15) is 11.4 Å². The molecule has 5 nitrogen and oxygen atoms in total. The van der Waals surface area contributed by atoms with E-state index in [4.69, 9.17) is 26.8 Å². The fourth-order valence-electron chi connectivity index (χ4n) is 2.45. The van der Waals surface area contributed by atoms with Gasteiger partial charge >= 0.3 is 6.09 Å². The van der Waals surface area contributed by atoms with Crippen LogP contribution in [-0.4, -0.2) is 36.3 Å². The van der Waals surface area contributed by atoms with E-state index in [9.17, 15) is 4.79 Å². The van der Waals surface area contributed by atoms with Crippen molar-refractivity contribution in [2.75, 3.05) is 25.4 Å². The largest absolute Gasteiger partial charge is 0.492 e. The van der Waals surface area contributed by atoms with Crippen molar-refractivity contribution in [2.45, 2.75) is 39.2 Å². The number of benzene rings is 1. The maximum Gasteiger partial charge on any atom is 0.410 e. The minimum absolute atomic E-state index is 0.238. The number of ether oxygens (including phenoxy) is 2. The van der Waals surface area contributed by atoms with E-state index in [2.05, 4.69) is 0 Å². The third kappa shape index (κ3) is 5.50. The first-order valence-corrected chi connectivity index (χ1v) is 8.28. The summed E-state index contributed by atoms with van der Waals surface area (Å²) in [5, 5.41) is 0.524. The number of piperidine rings is 1. The predicted molar refractivity (Wildman–Crippen MR) is 91.9 cm³/mol. The van der Waals surface area contributed by atoms with Gasteiger partial charge in [0.05, 0.1) is 11.6 Å². The second kappa shape index (κ2) is 7.30. The first-order chi connectivity index (χ1) is 10.7. The Bertz CT molecular complexity index is 549. The van der Waals surface area contributed by atoms with Gasteiger partial charge in [0, 0.05) is 18.8 Å². The van der Waals surface area contributed by atoms with Crippen molar-refractivity contribution >= 4 is 23.4 Å². The van der Waals surface area contributed by atoms with Crippen molar-refractivity contribution in [1.29, 1.82) is 0 Å². The lowest BCUT2D eigenvalue weighted by Gasteiger charge is -2.33. The normalized spacial score (nSPS) is 16.3. The molecule has 1 fully saturated rings. The summed E-state index contributed by atoms with van der Waals surface area (Å²) in [4.78, 5) is 13.8. The van der Waals surface area contributed by atoms with Gasteiger partial charge < -0.3 is 20.1 Å². The van der Waals surface area contributed by atoms with Crippen LogP contribution in [0.5, 0.6) is 5.75 Å². The summed E-state index contributed by atoms with van der Waals surface area (Å²) in [6.07, 6.45) is 1.55. The molecular formula is C17H25ClN2O3. The van der Waals surface area contributed by atoms with Crippen LogP contribution in [0.15, 0.2) is 18.2 Å². The Kier molecular flexibility index (Phi) is 5.63. The standard InChI is InChI=1S/C17H25ClN2O3/c1-17(2,3)23-16(21)20-8-6-12(7-9-20)11-22-15-5-4-13(19)10-14(15)18/h4-5,10,12H,6-9,11,19H2,1-3H3. The fraction of sp³-hybridized carbons (Fsp3) is 0.588. The highest BCUT2D eigenvalue weighted by Gasteiger charge is 2.27. The maximum absolute atomic E-state index is 12.0. The third-order valence-electron chi connectivity index (χ3n) is 3.70. The van der Waals surface area contributed by atoms with Crippen molar-refractivity contribution in [1.82, 2.24) is 4.90 Å². The van der Waals surface area contributed by atoms with Crippen molar-refractivity contribution in [3.05, 3.63) is 23.2 Å². The monoisotopic (exact) mass is 340 g/mol. The van der Waals surface area contributed by atoms with Crippen LogP contribution in [0.2, 0.25) is 5.02 Å². The molecule has 23 heavy (non-hydrogen) atoms. The number of nitrogen functional groups attached to an aromatic ring is 1. The molecule has 0 aliphatic carbocycles. The van der Waals surface area contributed by atoms with Crippen LogP contribution >= 0.6 is 11.6 Å². The van der Waals surface area contributed by atoms with E-state index < -0.39 is 5.60 Å². The molecule has 0 radical (unpaired) electrons. The number of anilines is 1. The molecule has 128 valence electrons. The second-order valence-corrected chi connectivity index (χ2v) is 7.32. The van der Waals surface area contributed by atoms with Gasteiger partial charge in [-0.25, -0.2) is 4.79 Å². The summed E-state index contributed by atoms with van der Waals surface area (Å²) >= 11 is 6.10. The lowest BCUT2D eigenvalue weighted by atomic mass is 9.98. The summed E-state index contributed by atoms with van der Waals surface area (Å²) in [5.74, 6) is 1.05. The Hall–Kier alpha value is -1.62. The van der Waals surface area contributed by atoms with Crippen molar-refractivity contribution in [3.63, 3.8) is 0 Å².